The summed E-state index contributed by atoms with van der Waals surface area (Å²) in [7, 11) is -1.63. The average Bonchev–Trinajstić information content (AvgIpc) is 2.95. The van der Waals surface area contributed by atoms with Crippen LogP contribution in [-0.2, 0) is 9.53 Å². The first kappa shape index (κ1) is 30.1. The molecule has 0 unspecified atom stereocenters. The highest BCUT2D eigenvalue weighted by Gasteiger charge is 2.20. The summed E-state index contributed by atoms with van der Waals surface area (Å²) in [5, 5.41) is 18.4. The number of benzene rings is 3. The molecular formula is C30H31BO9. The summed E-state index contributed by atoms with van der Waals surface area (Å²) >= 11 is 0. The summed E-state index contributed by atoms with van der Waals surface area (Å²) in [5.74, 6) is -0.308. The van der Waals surface area contributed by atoms with Gasteiger partial charge in [-0.2, -0.15) is 0 Å². The van der Waals surface area contributed by atoms with E-state index in [1.807, 2.05) is 0 Å². The van der Waals surface area contributed by atoms with E-state index in [4.69, 9.17) is 18.9 Å². The summed E-state index contributed by atoms with van der Waals surface area (Å²) in [4.78, 5) is 36.5. The molecule has 208 valence electrons. The minimum absolute atomic E-state index is 0.248. The van der Waals surface area contributed by atoms with Crippen LogP contribution >= 0.6 is 0 Å². The fraction of sp³-hybridized carbons (Fsp3) is 0.233. The molecule has 3 aromatic carbocycles. The Balaban J connectivity index is 1.59. The summed E-state index contributed by atoms with van der Waals surface area (Å²) in [6.45, 7) is 9.34. The predicted octanol–water partition coefficient (Wildman–Crippen LogP) is 3.62. The van der Waals surface area contributed by atoms with Gasteiger partial charge in [0.15, 0.2) is 0 Å². The lowest BCUT2D eigenvalue weighted by atomic mass is 9.80. The van der Waals surface area contributed by atoms with Crippen LogP contribution in [0, 0.1) is 20.8 Å². The number of aryl methyl sites for hydroxylation is 1. The number of ether oxygens (including phenoxy) is 4. The molecule has 0 aromatic heterocycles. The van der Waals surface area contributed by atoms with Gasteiger partial charge >= 0.3 is 25.0 Å². The smallest absolute Gasteiger partial charge is 0.488 e. The van der Waals surface area contributed by atoms with Crippen LogP contribution in [0.5, 0.6) is 17.2 Å². The Morgan fingerprint density at radius 2 is 1.40 bits per heavy atom. The normalized spacial score (nSPS) is 10.4. The molecule has 9 nitrogen and oxygen atoms in total. The average molecular weight is 546 g/mol. The lowest BCUT2D eigenvalue weighted by Crippen LogP contribution is -2.29. The summed E-state index contributed by atoms with van der Waals surface area (Å²) in [6, 6.07) is 14.0. The zero-order valence-electron chi connectivity index (χ0n) is 22.6. The van der Waals surface area contributed by atoms with Crippen molar-refractivity contribution < 1.29 is 43.4 Å². The van der Waals surface area contributed by atoms with Crippen LogP contribution in [0.25, 0.3) is 0 Å². The standard InChI is InChI=1S/C30H31BO9/c1-5-27(32)38-17-7-6-16-37-25-14-10-23(11-15-25)29(33)39-26-18-19(2)28(21(4)20(26)3)40-30(34)22-8-12-24(13-9-22)31(35)36/h5,8-15,18,35-36H,1,6-7,16-17H2,2-4H3. The number of carbonyl (C=O) groups is 3. The van der Waals surface area contributed by atoms with Gasteiger partial charge in [0.1, 0.15) is 17.2 Å². The third kappa shape index (κ3) is 8.05. The van der Waals surface area contributed by atoms with E-state index in [0.717, 1.165) is 6.08 Å². The van der Waals surface area contributed by atoms with Crippen molar-refractivity contribution in [3.63, 3.8) is 0 Å². The lowest BCUT2D eigenvalue weighted by molar-refractivity contribution is -0.137. The van der Waals surface area contributed by atoms with Crippen molar-refractivity contribution in [2.75, 3.05) is 13.2 Å². The molecule has 3 rings (SSSR count). The van der Waals surface area contributed by atoms with E-state index in [0.29, 0.717) is 65.6 Å². The van der Waals surface area contributed by atoms with Crippen LogP contribution in [0.2, 0.25) is 0 Å². The van der Waals surface area contributed by atoms with Crippen molar-refractivity contribution in [1.82, 2.24) is 0 Å². The van der Waals surface area contributed by atoms with Crippen molar-refractivity contribution in [3.8, 4) is 17.2 Å². The molecule has 0 aliphatic carbocycles. The molecule has 0 saturated heterocycles. The Morgan fingerprint density at radius 3 is 2.00 bits per heavy atom. The Morgan fingerprint density at radius 1 is 0.825 bits per heavy atom. The molecule has 0 spiro atoms. The predicted molar refractivity (Wildman–Crippen MR) is 149 cm³/mol. The second-order valence-electron chi connectivity index (χ2n) is 9.00. The fourth-order valence-corrected chi connectivity index (χ4v) is 3.70. The van der Waals surface area contributed by atoms with Crippen molar-refractivity contribution in [3.05, 3.63) is 95.1 Å². The topological polar surface area (TPSA) is 129 Å². The first-order valence-corrected chi connectivity index (χ1v) is 12.6. The molecule has 0 heterocycles. The Hall–Kier alpha value is -4.41. The lowest BCUT2D eigenvalue weighted by Gasteiger charge is -2.16. The first-order valence-electron chi connectivity index (χ1n) is 12.6. The van der Waals surface area contributed by atoms with Crippen LogP contribution in [0.15, 0.2) is 67.3 Å². The largest absolute Gasteiger partial charge is 0.494 e. The van der Waals surface area contributed by atoms with E-state index >= 15 is 0 Å². The molecule has 0 atom stereocenters. The molecule has 2 N–H and O–H groups in total. The Bertz CT molecular complexity index is 1360. The van der Waals surface area contributed by atoms with Crippen LogP contribution < -0.4 is 19.7 Å². The maximum Gasteiger partial charge on any atom is 0.488 e. The number of esters is 3. The van der Waals surface area contributed by atoms with Crippen LogP contribution in [0.1, 0.15) is 50.2 Å². The molecule has 3 aromatic rings. The van der Waals surface area contributed by atoms with Gasteiger partial charge in [-0.15, -0.1) is 0 Å². The van der Waals surface area contributed by atoms with Gasteiger partial charge in [-0.3, -0.25) is 0 Å². The second kappa shape index (κ2) is 14.1. The van der Waals surface area contributed by atoms with E-state index in [1.165, 1.54) is 24.3 Å². The van der Waals surface area contributed by atoms with Crippen LogP contribution in [-0.4, -0.2) is 48.3 Å². The van der Waals surface area contributed by atoms with Crippen molar-refractivity contribution in [1.29, 1.82) is 0 Å². The second-order valence-corrected chi connectivity index (χ2v) is 9.00. The van der Waals surface area contributed by atoms with Crippen molar-refractivity contribution >= 4 is 30.5 Å². The molecule has 40 heavy (non-hydrogen) atoms. The highest BCUT2D eigenvalue weighted by atomic mass is 16.5. The van der Waals surface area contributed by atoms with Crippen LogP contribution in [0.3, 0.4) is 0 Å². The van der Waals surface area contributed by atoms with Gasteiger partial charge in [0, 0.05) is 6.08 Å². The van der Waals surface area contributed by atoms with E-state index < -0.39 is 25.0 Å². The van der Waals surface area contributed by atoms with Gasteiger partial charge in [0.25, 0.3) is 0 Å². The van der Waals surface area contributed by atoms with Gasteiger partial charge in [0.2, 0.25) is 0 Å². The molecule has 0 radical (unpaired) electrons. The molecular weight excluding hydrogens is 515 g/mol. The fourth-order valence-electron chi connectivity index (χ4n) is 3.70. The summed E-state index contributed by atoms with van der Waals surface area (Å²) < 4.78 is 21.8. The van der Waals surface area contributed by atoms with Gasteiger partial charge in [-0.1, -0.05) is 18.7 Å². The highest BCUT2D eigenvalue weighted by Crippen LogP contribution is 2.34. The molecule has 0 aliphatic heterocycles. The van der Waals surface area contributed by atoms with Crippen molar-refractivity contribution in [2.24, 2.45) is 0 Å². The highest BCUT2D eigenvalue weighted by molar-refractivity contribution is 6.58. The molecule has 0 fully saturated rings. The molecule has 0 amide bonds. The quantitative estimate of drug-likeness (QED) is 0.115. The number of unbranched alkanes of at least 4 members (excludes halogenated alkanes) is 1. The Labute approximate surface area is 233 Å². The third-order valence-corrected chi connectivity index (χ3v) is 6.13. The number of carbonyl (C=O) groups excluding carboxylic acids is 3. The van der Waals surface area contributed by atoms with E-state index in [9.17, 15) is 24.4 Å². The molecule has 0 aliphatic rings. The third-order valence-electron chi connectivity index (χ3n) is 6.13. The van der Waals surface area contributed by atoms with E-state index in [-0.39, 0.29) is 11.0 Å². The maximum absolute atomic E-state index is 12.8. The summed E-state index contributed by atoms with van der Waals surface area (Å²) in [5.41, 5.74) is 2.72. The van der Waals surface area contributed by atoms with E-state index in [1.54, 1.807) is 51.1 Å². The van der Waals surface area contributed by atoms with Gasteiger partial charge in [-0.25, -0.2) is 14.4 Å². The first-order chi connectivity index (χ1) is 19.1. The SMILES string of the molecule is C=CC(=O)OCCCCOc1ccc(C(=O)Oc2cc(C)c(OC(=O)c3ccc(B(O)O)cc3)c(C)c2C)cc1. The molecule has 0 saturated carbocycles. The zero-order valence-corrected chi connectivity index (χ0v) is 22.6. The minimum atomic E-state index is -1.63. The zero-order chi connectivity index (χ0) is 29.2. The maximum atomic E-state index is 12.8. The van der Waals surface area contributed by atoms with E-state index in [2.05, 4.69) is 6.58 Å². The number of hydrogen-bond donors (Lipinski definition) is 2. The minimum Gasteiger partial charge on any atom is -0.494 e. The molecule has 0 bridgehead atoms. The van der Waals surface area contributed by atoms with Gasteiger partial charge in [-0.05, 0) is 98.2 Å². The van der Waals surface area contributed by atoms with Gasteiger partial charge in [0.05, 0.1) is 24.3 Å². The summed E-state index contributed by atoms with van der Waals surface area (Å²) in [6.07, 6.45) is 2.47. The Kier molecular flexibility index (Phi) is 10.6. The van der Waals surface area contributed by atoms with Gasteiger partial charge < -0.3 is 29.0 Å². The van der Waals surface area contributed by atoms with Crippen LogP contribution in [0.4, 0.5) is 0 Å². The van der Waals surface area contributed by atoms with Crippen molar-refractivity contribution in [2.45, 2.75) is 33.6 Å². The molecule has 10 heteroatoms. The number of hydrogen-bond acceptors (Lipinski definition) is 9. The monoisotopic (exact) mass is 546 g/mol. The number of rotatable bonds is 12.